The van der Waals surface area contributed by atoms with Gasteiger partial charge in [-0.3, -0.25) is 9.88 Å². The first kappa shape index (κ1) is 12.2. The van der Waals surface area contributed by atoms with Crippen LogP contribution in [0.15, 0.2) is 17.2 Å². The highest BCUT2D eigenvalue weighted by atomic mass is 16.1. The number of aromatic amines is 2. The van der Waals surface area contributed by atoms with Crippen molar-refractivity contribution in [2.75, 3.05) is 13.6 Å². The van der Waals surface area contributed by atoms with Gasteiger partial charge in [-0.15, -0.1) is 0 Å². The summed E-state index contributed by atoms with van der Waals surface area (Å²) in [7, 11) is 2.05. The summed E-state index contributed by atoms with van der Waals surface area (Å²) < 4.78 is 2.23. The Labute approximate surface area is 110 Å². The van der Waals surface area contributed by atoms with Gasteiger partial charge < -0.3 is 4.57 Å². The lowest BCUT2D eigenvalue weighted by Gasteiger charge is -2.27. The number of nitrogens with zero attached hydrogens (tertiary/aromatic N) is 4. The third kappa shape index (κ3) is 2.76. The van der Waals surface area contributed by atoms with Crippen LogP contribution in [0.2, 0.25) is 0 Å². The van der Waals surface area contributed by atoms with Crippen LogP contribution in [0.25, 0.3) is 0 Å². The highest BCUT2D eigenvalue weighted by Crippen LogP contribution is 2.19. The summed E-state index contributed by atoms with van der Waals surface area (Å²) in [5.74, 6) is 2.50. The number of aromatic nitrogens is 5. The van der Waals surface area contributed by atoms with Crippen LogP contribution in [-0.2, 0) is 19.5 Å². The molecule has 3 heterocycles. The Morgan fingerprint density at radius 1 is 1.58 bits per heavy atom. The Balaban J connectivity index is 1.56. The molecule has 0 aromatic carbocycles. The molecule has 3 rings (SSSR count). The van der Waals surface area contributed by atoms with E-state index in [4.69, 9.17) is 0 Å². The summed E-state index contributed by atoms with van der Waals surface area (Å²) in [4.78, 5) is 20.2. The Morgan fingerprint density at radius 2 is 2.47 bits per heavy atom. The molecule has 1 unspecified atom stereocenters. The number of imidazole rings is 1. The van der Waals surface area contributed by atoms with E-state index in [-0.39, 0.29) is 5.69 Å². The molecule has 2 N–H and O–H groups in total. The predicted molar refractivity (Wildman–Crippen MR) is 69.6 cm³/mol. The van der Waals surface area contributed by atoms with Crippen LogP contribution in [0.3, 0.4) is 0 Å². The lowest BCUT2D eigenvalue weighted by molar-refractivity contribution is 0.225. The van der Waals surface area contributed by atoms with Crippen LogP contribution in [0, 0.1) is 5.92 Å². The number of aryl methyl sites for hydroxylation is 1. The monoisotopic (exact) mass is 262 g/mol. The van der Waals surface area contributed by atoms with Crippen LogP contribution in [0.4, 0.5) is 0 Å². The quantitative estimate of drug-likeness (QED) is 0.812. The van der Waals surface area contributed by atoms with Gasteiger partial charge in [0, 0.05) is 31.9 Å². The Bertz CT molecular complexity index is 597. The predicted octanol–water partition coefficient (Wildman–Crippen LogP) is -0.0111. The largest absolute Gasteiger partial charge is 0.340 e. The highest BCUT2D eigenvalue weighted by molar-refractivity contribution is 4.97. The molecule has 19 heavy (non-hydrogen) atoms. The Kier molecular flexibility index (Phi) is 3.20. The van der Waals surface area contributed by atoms with Gasteiger partial charge in [0.1, 0.15) is 11.6 Å². The minimum atomic E-state index is -0.246. The minimum absolute atomic E-state index is 0.246. The molecule has 7 heteroatoms. The molecular weight excluding hydrogens is 244 g/mol. The average molecular weight is 262 g/mol. The molecule has 1 aliphatic rings. The molecule has 1 aliphatic heterocycles. The third-order valence-corrected chi connectivity index (χ3v) is 3.57. The summed E-state index contributed by atoms with van der Waals surface area (Å²) in [6.07, 6.45) is 6.13. The normalized spacial score (nSPS) is 18.7. The zero-order valence-electron chi connectivity index (χ0n) is 11.0. The van der Waals surface area contributed by atoms with Gasteiger partial charge in [-0.25, -0.2) is 14.9 Å². The lowest BCUT2D eigenvalue weighted by atomic mass is 9.99. The molecule has 2 aromatic rings. The van der Waals surface area contributed by atoms with Crippen LogP contribution >= 0.6 is 0 Å². The second kappa shape index (κ2) is 5.00. The summed E-state index contributed by atoms with van der Waals surface area (Å²) >= 11 is 0. The zero-order chi connectivity index (χ0) is 13.2. The van der Waals surface area contributed by atoms with E-state index in [1.54, 1.807) is 0 Å². The van der Waals surface area contributed by atoms with Gasteiger partial charge in [0.2, 0.25) is 0 Å². The topological polar surface area (TPSA) is 82.6 Å². The second-order valence-electron chi connectivity index (χ2n) is 5.22. The summed E-state index contributed by atoms with van der Waals surface area (Å²) in [5, 5.41) is 6.31. The van der Waals surface area contributed by atoms with E-state index < -0.39 is 0 Å². The van der Waals surface area contributed by atoms with Crippen molar-refractivity contribution in [1.82, 2.24) is 29.6 Å². The van der Waals surface area contributed by atoms with Crippen molar-refractivity contribution < 1.29 is 0 Å². The molecule has 0 bridgehead atoms. The van der Waals surface area contributed by atoms with E-state index in [1.165, 1.54) is 12.2 Å². The molecule has 2 aromatic heterocycles. The number of H-pyrrole nitrogens is 2. The molecule has 0 spiro atoms. The highest BCUT2D eigenvalue weighted by Gasteiger charge is 2.20. The van der Waals surface area contributed by atoms with Crippen molar-refractivity contribution in [3.63, 3.8) is 0 Å². The van der Waals surface area contributed by atoms with Gasteiger partial charge in [0.05, 0.1) is 6.54 Å². The maximum atomic E-state index is 11.0. The first-order chi connectivity index (χ1) is 9.20. The number of nitrogens with one attached hydrogen (secondary N) is 2. The Morgan fingerprint density at radius 3 is 3.26 bits per heavy atom. The first-order valence-corrected chi connectivity index (χ1v) is 6.53. The maximum Gasteiger partial charge on any atom is 0.340 e. The van der Waals surface area contributed by atoms with Crippen molar-refractivity contribution >= 4 is 0 Å². The molecule has 102 valence electrons. The van der Waals surface area contributed by atoms with E-state index in [2.05, 4.69) is 36.7 Å². The number of rotatable bonds is 4. The van der Waals surface area contributed by atoms with Crippen LogP contribution in [0.5, 0.6) is 0 Å². The second-order valence-corrected chi connectivity index (χ2v) is 5.22. The number of hydrogen-bond donors (Lipinski definition) is 2. The zero-order valence-corrected chi connectivity index (χ0v) is 11.0. The van der Waals surface area contributed by atoms with E-state index in [9.17, 15) is 4.79 Å². The summed E-state index contributed by atoms with van der Waals surface area (Å²) in [6.45, 7) is 2.68. The van der Waals surface area contributed by atoms with E-state index in [0.29, 0.717) is 18.3 Å². The van der Waals surface area contributed by atoms with Gasteiger partial charge in [0.15, 0.2) is 0 Å². The van der Waals surface area contributed by atoms with Crippen molar-refractivity contribution in [3.8, 4) is 0 Å². The standard InChI is InChI=1S/C12H18N6O/c1-17(8-10-14-12(19)16-15-10)6-9-2-3-11-13-4-5-18(11)7-9/h4-5,9H,2-3,6-8H2,1H3,(H2,14,15,16,19). The van der Waals surface area contributed by atoms with Gasteiger partial charge in [0.25, 0.3) is 0 Å². The smallest absolute Gasteiger partial charge is 0.335 e. The fraction of sp³-hybridized carbons (Fsp3) is 0.583. The molecule has 0 fully saturated rings. The van der Waals surface area contributed by atoms with Crippen molar-refractivity contribution in [3.05, 3.63) is 34.5 Å². The molecule has 0 radical (unpaired) electrons. The summed E-state index contributed by atoms with van der Waals surface area (Å²) in [5.41, 5.74) is -0.246. The Hall–Kier alpha value is -1.89. The first-order valence-electron chi connectivity index (χ1n) is 6.53. The molecule has 0 saturated heterocycles. The minimum Gasteiger partial charge on any atom is -0.335 e. The fourth-order valence-electron chi connectivity index (χ4n) is 2.73. The van der Waals surface area contributed by atoms with Crippen molar-refractivity contribution in [2.45, 2.75) is 25.9 Å². The average Bonchev–Trinajstić information content (AvgIpc) is 2.97. The van der Waals surface area contributed by atoms with Gasteiger partial charge in [-0.2, -0.15) is 5.10 Å². The van der Waals surface area contributed by atoms with E-state index in [0.717, 1.165) is 19.5 Å². The van der Waals surface area contributed by atoms with E-state index >= 15 is 0 Å². The van der Waals surface area contributed by atoms with Gasteiger partial charge in [-0.05, 0) is 19.4 Å². The van der Waals surface area contributed by atoms with Crippen molar-refractivity contribution in [1.29, 1.82) is 0 Å². The lowest BCUT2D eigenvalue weighted by Crippen LogP contribution is -2.31. The van der Waals surface area contributed by atoms with Gasteiger partial charge >= 0.3 is 5.69 Å². The molecular formula is C12H18N6O. The van der Waals surface area contributed by atoms with Crippen LogP contribution < -0.4 is 5.69 Å². The number of fused-ring (bicyclic) bond motifs is 1. The third-order valence-electron chi connectivity index (χ3n) is 3.57. The molecule has 1 atom stereocenters. The number of hydrogen-bond acceptors (Lipinski definition) is 4. The fourth-order valence-corrected chi connectivity index (χ4v) is 2.73. The molecule has 7 nitrogen and oxygen atoms in total. The summed E-state index contributed by atoms with van der Waals surface area (Å²) in [6, 6.07) is 0. The molecule has 0 saturated carbocycles. The SMILES string of the molecule is CN(Cc1n[nH]c(=O)[nH]1)CC1CCc2nccn2C1. The molecule has 0 amide bonds. The maximum absolute atomic E-state index is 11.0. The van der Waals surface area contributed by atoms with Crippen molar-refractivity contribution in [2.24, 2.45) is 5.92 Å². The van der Waals surface area contributed by atoms with Crippen LogP contribution in [0.1, 0.15) is 18.1 Å². The van der Waals surface area contributed by atoms with E-state index in [1.807, 2.05) is 12.4 Å². The van der Waals surface area contributed by atoms with Crippen LogP contribution in [-0.4, -0.2) is 43.2 Å². The molecule has 0 aliphatic carbocycles. The van der Waals surface area contributed by atoms with Gasteiger partial charge in [-0.1, -0.05) is 0 Å².